The Hall–Kier alpha value is -3.08. The van der Waals surface area contributed by atoms with Crippen molar-refractivity contribution in [3.63, 3.8) is 0 Å². The molecule has 0 aliphatic heterocycles. The molecule has 25 heavy (non-hydrogen) atoms. The average Bonchev–Trinajstić information content (AvgIpc) is 2.60. The highest BCUT2D eigenvalue weighted by atomic mass is 16.5. The van der Waals surface area contributed by atoms with Crippen LogP contribution in [0.1, 0.15) is 30.4 Å². The predicted molar refractivity (Wildman–Crippen MR) is 94.3 cm³/mol. The molecule has 0 aliphatic rings. The van der Waals surface area contributed by atoms with Gasteiger partial charge in [0.2, 0.25) is 0 Å². The smallest absolute Gasteiger partial charge is 0.343 e. The Morgan fingerprint density at radius 3 is 2.48 bits per heavy atom. The molecule has 1 N–H and O–H groups in total. The molecule has 0 aliphatic carbocycles. The fourth-order valence-corrected chi connectivity index (χ4v) is 2.97. The molecule has 0 spiro atoms. The van der Waals surface area contributed by atoms with E-state index in [1.807, 2.05) is 0 Å². The molecule has 0 unspecified atom stereocenters. The van der Waals surface area contributed by atoms with Gasteiger partial charge >= 0.3 is 5.63 Å². The maximum absolute atomic E-state index is 12.5. The zero-order valence-corrected chi connectivity index (χ0v) is 14.0. The predicted octanol–water partition coefficient (Wildman–Crippen LogP) is 3.62. The molecular formula is C20H18O5. The van der Waals surface area contributed by atoms with Gasteiger partial charge in [0.1, 0.15) is 22.9 Å². The van der Waals surface area contributed by atoms with Gasteiger partial charge in [0.05, 0.1) is 18.1 Å². The molecule has 0 amide bonds. The molecule has 0 bridgehead atoms. The number of ether oxygens (including phenoxy) is 1. The lowest BCUT2D eigenvalue weighted by Gasteiger charge is -2.17. The van der Waals surface area contributed by atoms with E-state index in [9.17, 15) is 14.7 Å². The number of fused-ring (bicyclic) bond motifs is 1. The molecule has 1 heterocycles. The normalized spacial score (nSPS) is 12.1. The molecule has 1 aromatic heterocycles. The van der Waals surface area contributed by atoms with E-state index in [1.165, 1.54) is 6.92 Å². The monoisotopic (exact) mass is 338 g/mol. The van der Waals surface area contributed by atoms with Crippen molar-refractivity contribution in [1.29, 1.82) is 0 Å². The van der Waals surface area contributed by atoms with E-state index >= 15 is 0 Å². The summed E-state index contributed by atoms with van der Waals surface area (Å²) in [6.45, 7) is 1.45. The van der Waals surface area contributed by atoms with Gasteiger partial charge in [-0.15, -0.1) is 0 Å². The Morgan fingerprint density at radius 2 is 1.84 bits per heavy atom. The number of para-hydroxylation sites is 1. The third-order valence-corrected chi connectivity index (χ3v) is 4.18. The number of ketones is 1. The molecule has 2 aromatic carbocycles. The molecule has 128 valence electrons. The fraction of sp³-hybridized carbons (Fsp3) is 0.200. The average molecular weight is 338 g/mol. The second-order valence-electron chi connectivity index (χ2n) is 5.88. The van der Waals surface area contributed by atoms with Crippen LogP contribution in [0, 0.1) is 0 Å². The van der Waals surface area contributed by atoms with Crippen LogP contribution in [0.15, 0.2) is 57.7 Å². The molecule has 5 nitrogen and oxygen atoms in total. The van der Waals surface area contributed by atoms with Crippen molar-refractivity contribution in [2.45, 2.75) is 19.3 Å². The lowest BCUT2D eigenvalue weighted by Crippen LogP contribution is -2.16. The minimum atomic E-state index is -0.640. The van der Waals surface area contributed by atoms with Crippen LogP contribution in [0.5, 0.6) is 11.5 Å². The summed E-state index contributed by atoms with van der Waals surface area (Å²) in [5, 5.41) is 11.1. The molecule has 0 radical (unpaired) electrons. The number of hydrogen-bond donors (Lipinski definition) is 1. The Balaban J connectivity index is 2.20. The maximum Gasteiger partial charge on any atom is 0.343 e. The van der Waals surface area contributed by atoms with Gasteiger partial charge in [0.25, 0.3) is 0 Å². The van der Waals surface area contributed by atoms with Crippen LogP contribution in [-0.2, 0) is 4.79 Å². The minimum absolute atomic E-state index is 0.0863. The highest BCUT2D eigenvalue weighted by molar-refractivity contribution is 5.85. The van der Waals surface area contributed by atoms with Gasteiger partial charge in [-0.05, 0) is 36.8 Å². The zero-order chi connectivity index (χ0) is 18.0. The lowest BCUT2D eigenvalue weighted by molar-refractivity contribution is -0.117. The van der Waals surface area contributed by atoms with E-state index < -0.39 is 11.5 Å². The summed E-state index contributed by atoms with van der Waals surface area (Å²) in [5.74, 6) is -0.161. The van der Waals surface area contributed by atoms with E-state index in [1.54, 1.807) is 55.6 Å². The Kier molecular flexibility index (Phi) is 4.57. The summed E-state index contributed by atoms with van der Waals surface area (Å²) in [5.41, 5.74) is 0.497. The summed E-state index contributed by atoms with van der Waals surface area (Å²) < 4.78 is 10.5. The molecule has 3 rings (SSSR count). The number of Topliss-reactive ketones (excluding diaryl/α,β-unsaturated/α-hetero) is 1. The van der Waals surface area contributed by atoms with Crippen molar-refractivity contribution in [2.75, 3.05) is 7.11 Å². The van der Waals surface area contributed by atoms with Crippen LogP contribution < -0.4 is 10.4 Å². The molecule has 5 heteroatoms. The standard InChI is InChI=1S/C20H18O5/c1-12(21)11-16(13-7-9-14(24-2)10-8-13)18-19(22)15-5-3-4-6-17(15)25-20(18)23/h3-10,16,22H,11H2,1-2H3/t16-/m1/s1. The van der Waals surface area contributed by atoms with E-state index in [0.29, 0.717) is 16.7 Å². The quantitative estimate of drug-likeness (QED) is 0.719. The van der Waals surface area contributed by atoms with Gasteiger partial charge in [-0.25, -0.2) is 4.79 Å². The number of carbonyl (C=O) groups excluding carboxylic acids is 1. The molecular weight excluding hydrogens is 320 g/mol. The molecule has 0 fully saturated rings. The van der Waals surface area contributed by atoms with Crippen LogP contribution in [0.3, 0.4) is 0 Å². The zero-order valence-electron chi connectivity index (χ0n) is 14.0. The first-order chi connectivity index (χ1) is 12.0. The summed E-state index contributed by atoms with van der Waals surface area (Å²) in [4.78, 5) is 24.3. The maximum atomic E-state index is 12.5. The van der Waals surface area contributed by atoms with Crippen LogP contribution >= 0.6 is 0 Å². The van der Waals surface area contributed by atoms with E-state index in [0.717, 1.165) is 5.56 Å². The van der Waals surface area contributed by atoms with Crippen molar-refractivity contribution < 1.29 is 19.1 Å². The number of aromatic hydroxyl groups is 1. The van der Waals surface area contributed by atoms with Gasteiger partial charge in [0, 0.05) is 12.3 Å². The highest BCUT2D eigenvalue weighted by Crippen LogP contribution is 2.36. The van der Waals surface area contributed by atoms with Crippen LogP contribution in [-0.4, -0.2) is 18.0 Å². The Morgan fingerprint density at radius 1 is 1.16 bits per heavy atom. The van der Waals surface area contributed by atoms with Gasteiger partial charge in [0.15, 0.2) is 0 Å². The molecule has 0 saturated carbocycles. The van der Waals surface area contributed by atoms with Crippen molar-refractivity contribution >= 4 is 16.8 Å². The summed E-state index contributed by atoms with van der Waals surface area (Å²) >= 11 is 0. The van der Waals surface area contributed by atoms with E-state index in [-0.39, 0.29) is 23.5 Å². The van der Waals surface area contributed by atoms with Gasteiger partial charge < -0.3 is 14.3 Å². The SMILES string of the molecule is COc1ccc([C@@H](CC(C)=O)c2c(O)c3ccccc3oc2=O)cc1. The second kappa shape index (κ2) is 6.81. The van der Waals surface area contributed by atoms with Crippen LogP contribution in [0.2, 0.25) is 0 Å². The third-order valence-electron chi connectivity index (χ3n) is 4.18. The van der Waals surface area contributed by atoms with E-state index in [4.69, 9.17) is 9.15 Å². The lowest BCUT2D eigenvalue weighted by atomic mass is 9.87. The first kappa shape index (κ1) is 16.8. The third kappa shape index (κ3) is 3.26. The Bertz CT molecular complexity index is 970. The molecule has 1 atom stereocenters. The van der Waals surface area contributed by atoms with Crippen molar-refractivity contribution in [2.24, 2.45) is 0 Å². The van der Waals surface area contributed by atoms with E-state index in [2.05, 4.69) is 0 Å². The van der Waals surface area contributed by atoms with Crippen LogP contribution in [0.4, 0.5) is 0 Å². The summed E-state index contributed by atoms with van der Waals surface area (Å²) in [6, 6.07) is 13.8. The van der Waals surface area contributed by atoms with Gasteiger partial charge in [-0.1, -0.05) is 24.3 Å². The molecule has 0 saturated heterocycles. The van der Waals surface area contributed by atoms with Gasteiger partial charge in [-0.2, -0.15) is 0 Å². The molecule has 3 aromatic rings. The largest absolute Gasteiger partial charge is 0.507 e. The first-order valence-corrected chi connectivity index (χ1v) is 7.89. The summed E-state index contributed by atoms with van der Waals surface area (Å²) in [6.07, 6.45) is 0.0863. The van der Waals surface area contributed by atoms with Crippen molar-refractivity contribution in [3.05, 3.63) is 70.1 Å². The second-order valence-corrected chi connectivity index (χ2v) is 5.88. The highest BCUT2D eigenvalue weighted by Gasteiger charge is 2.25. The number of methoxy groups -OCH3 is 1. The number of benzene rings is 2. The minimum Gasteiger partial charge on any atom is -0.507 e. The Labute approximate surface area is 144 Å². The number of hydrogen-bond acceptors (Lipinski definition) is 5. The first-order valence-electron chi connectivity index (χ1n) is 7.89. The van der Waals surface area contributed by atoms with Crippen molar-refractivity contribution in [3.8, 4) is 11.5 Å². The number of carbonyl (C=O) groups is 1. The van der Waals surface area contributed by atoms with Gasteiger partial charge in [-0.3, -0.25) is 4.79 Å². The number of rotatable bonds is 5. The fourth-order valence-electron chi connectivity index (χ4n) is 2.97. The summed E-state index contributed by atoms with van der Waals surface area (Å²) in [7, 11) is 1.56. The van der Waals surface area contributed by atoms with Crippen LogP contribution in [0.25, 0.3) is 11.0 Å². The van der Waals surface area contributed by atoms with Crippen molar-refractivity contribution in [1.82, 2.24) is 0 Å². The topological polar surface area (TPSA) is 76.7 Å².